The lowest BCUT2D eigenvalue weighted by atomic mass is 9.85. The highest BCUT2D eigenvalue weighted by Crippen LogP contribution is 2.36. The molecule has 2 aliphatic rings. The number of halogens is 1. The van der Waals surface area contributed by atoms with Gasteiger partial charge < -0.3 is 5.32 Å². The van der Waals surface area contributed by atoms with Crippen LogP contribution in [-0.2, 0) is 0 Å². The predicted molar refractivity (Wildman–Crippen MR) is 65.0 cm³/mol. The quantitative estimate of drug-likeness (QED) is 0.820. The number of nitrogens with one attached hydrogen (secondary N) is 1. The fraction of sp³-hybridized carbons (Fsp3) is 0.667. The average Bonchev–Trinajstić information content (AvgIpc) is 2.94. The molecule has 86 valence electrons. The third-order valence-corrected chi connectivity index (χ3v) is 3.86. The second-order valence-electron chi connectivity index (χ2n) is 4.89. The van der Waals surface area contributed by atoms with Gasteiger partial charge in [-0.1, -0.05) is 18.0 Å². The molecule has 2 saturated carbocycles. The molecule has 0 atom stereocenters. The van der Waals surface area contributed by atoms with Crippen LogP contribution in [0.3, 0.4) is 0 Å². The summed E-state index contributed by atoms with van der Waals surface area (Å²) in [6.45, 7) is 1.98. The van der Waals surface area contributed by atoms with E-state index in [0.29, 0.717) is 17.1 Å². The number of aromatic nitrogens is 2. The van der Waals surface area contributed by atoms with Crippen LogP contribution in [-0.4, -0.2) is 16.0 Å². The summed E-state index contributed by atoms with van der Waals surface area (Å²) in [5.41, 5.74) is 0.983. The molecule has 1 aromatic heterocycles. The van der Waals surface area contributed by atoms with Gasteiger partial charge in [0.1, 0.15) is 16.8 Å². The zero-order chi connectivity index (χ0) is 11.1. The van der Waals surface area contributed by atoms with E-state index in [0.717, 1.165) is 17.2 Å². The third-order valence-electron chi connectivity index (χ3n) is 3.49. The lowest BCUT2D eigenvalue weighted by Gasteiger charge is -2.24. The van der Waals surface area contributed by atoms with E-state index in [-0.39, 0.29) is 0 Å². The van der Waals surface area contributed by atoms with E-state index in [1.807, 2.05) is 6.92 Å². The molecule has 1 aromatic rings. The fourth-order valence-electron chi connectivity index (χ4n) is 1.92. The van der Waals surface area contributed by atoms with Crippen molar-refractivity contribution in [1.82, 2.24) is 9.97 Å². The van der Waals surface area contributed by atoms with Crippen molar-refractivity contribution in [2.45, 2.75) is 51.0 Å². The normalized spacial score (nSPS) is 20.6. The molecule has 16 heavy (non-hydrogen) atoms. The van der Waals surface area contributed by atoms with Crippen LogP contribution in [0.2, 0.25) is 5.15 Å². The standard InChI is InChI=1S/C12H16ClN3/c1-7-10(13)15-12(8-3-2-4-8)16-11(7)14-9-5-6-9/h8-9H,2-6H2,1H3,(H,14,15,16). The predicted octanol–water partition coefficient (Wildman–Crippen LogP) is 3.28. The van der Waals surface area contributed by atoms with Gasteiger partial charge >= 0.3 is 0 Å². The van der Waals surface area contributed by atoms with Crippen molar-refractivity contribution < 1.29 is 0 Å². The fourth-order valence-corrected chi connectivity index (χ4v) is 2.09. The summed E-state index contributed by atoms with van der Waals surface area (Å²) in [5.74, 6) is 2.42. The molecule has 0 aliphatic heterocycles. The molecule has 2 aliphatic carbocycles. The molecule has 3 rings (SSSR count). The summed E-state index contributed by atoms with van der Waals surface area (Å²) in [6, 6.07) is 0.610. The van der Waals surface area contributed by atoms with Crippen molar-refractivity contribution in [3.8, 4) is 0 Å². The zero-order valence-corrected chi connectivity index (χ0v) is 10.2. The Balaban J connectivity index is 1.90. The van der Waals surface area contributed by atoms with Gasteiger partial charge in [-0.3, -0.25) is 0 Å². The van der Waals surface area contributed by atoms with E-state index in [2.05, 4.69) is 15.3 Å². The Kier molecular flexibility index (Phi) is 2.51. The Morgan fingerprint density at radius 2 is 1.94 bits per heavy atom. The molecular formula is C12H16ClN3. The van der Waals surface area contributed by atoms with Crippen molar-refractivity contribution in [3.05, 3.63) is 16.5 Å². The number of rotatable bonds is 3. The molecule has 3 nitrogen and oxygen atoms in total. The second-order valence-corrected chi connectivity index (χ2v) is 5.25. The molecule has 2 fully saturated rings. The van der Waals surface area contributed by atoms with Gasteiger partial charge in [0.05, 0.1) is 0 Å². The van der Waals surface area contributed by atoms with Gasteiger partial charge in [0.2, 0.25) is 0 Å². The Morgan fingerprint density at radius 3 is 2.50 bits per heavy atom. The van der Waals surface area contributed by atoms with Crippen LogP contribution in [0.4, 0.5) is 5.82 Å². The van der Waals surface area contributed by atoms with Gasteiger partial charge in [-0.2, -0.15) is 0 Å². The lowest BCUT2D eigenvalue weighted by Crippen LogP contribution is -2.15. The van der Waals surface area contributed by atoms with Crippen LogP contribution in [0.15, 0.2) is 0 Å². The van der Waals surface area contributed by atoms with Crippen molar-refractivity contribution >= 4 is 17.4 Å². The van der Waals surface area contributed by atoms with Crippen LogP contribution in [0.1, 0.15) is 49.4 Å². The third kappa shape index (κ3) is 1.88. The minimum Gasteiger partial charge on any atom is -0.367 e. The molecule has 4 heteroatoms. The first-order valence-corrected chi connectivity index (χ1v) is 6.42. The maximum absolute atomic E-state index is 6.16. The molecule has 0 radical (unpaired) electrons. The van der Waals surface area contributed by atoms with Gasteiger partial charge in [0.25, 0.3) is 0 Å². The van der Waals surface area contributed by atoms with Crippen molar-refractivity contribution in [1.29, 1.82) is 0 Å². The van der Waals surface area contributed by atoms with Crippen LogP contribution in [0.25, 0.3) is 0 Å². The largest absolute Gasteiger partial charge is 0.367 e. The van der Waals surface area contributed by atoms with E-state index < -0.39 is 0 Å². The smallest absolute Gasteiger partial charge is 0.137 e. The van der Waals surface area contributed by atoms with Gasteiger partial charge in [-0.15, -0.1) is 0 Å². The lowest BCUT2D eigenvalue weighted by molar-refractivity contribution is 0.401. The Morgan fingerprint density at radius 1 is 1.19 bits per heavy atom. The second kappa shape index (κ2) is 3.88. The highest BCUT2D eigenvalue weighted by molar-refractivity contribution is 6.30. The van der Waals surface area contributed by atoms with Crippen LogP contribution in [0.5, 0.6) is 0 Å². The van der Waals surface area contributed by atoms with Crippen molar-refractivity contribution in [2.24, 2.45) is 0 Å². The number of anilines is 1. The summed E-state index contributed by atoms with van der Waals surface area (Å²) >= 11 is 6.16. The molecule has 0 amide bonds. The number of nitrogens with zero attached hydrogens (tertiary/aromatic N) is 2. The first-order valence-electron chi connectivity index (χ1n) is 6.04. The Hall–Kier alpha value is -0.830. The Labute approximate surface area is 101 Å². The molecule has 0 spiro atoms. The van der Waals surface area contributed by atoms with Crippen molar-refractivity contribution in [3.63, 3.8) is 0 Å². The van der Waals surface area contributed by atoms with Crippen molar-refractivity contribution in [2.75, 3.05) is 5.32 Å². The maximum atomic E-state index is 6.16. The summed E-state index contributed by atoms with van der Waals surface area (Å²) < 4.78 is 0. The highest BCUT2D eigenvalue weighted by Gasteiger charge is 2.26. The summed E-state index contributed by atoms with van der Waals surface area (Å²) in [5, 5.41) is 4.04. The molecule has 0 bridgehead atoms. The van der Waals surface area contributed by atoms with Gasteiger partial charge in [-0.05, 0) is 32.6 Å². The average molecular weight is 238 g/mol. The minimum absolute atomic E-state index is 0.540. The van der Waals surface area contributed by atoms with E-state index in [1.54, 1.807) is 0 Å². The van der Waals surface area contributed by atoms with E-state index in [1.165, 1.54) is 32.1 Å². The van der Waals surface area contributed by atoms with Gasteiger partial charge in [0.15, 0.2) is 0 Å². The SMILES string of the molecule is Cc1c(Cl)nc(C2CCC2)nc1NC1CC1. The molecule has 0 aromatic carbocycles. The van der Waals surface area contributed by atoms with E-state index in [4.69, 9.17) is 11.6 Å². The molecule has 1 N–H and O–H groups in total. The number of hydrogen-bond donors (Lipinski definition) is 1. The summed E-state index contributed by atoms with van der Waals surface area (Å²) in [7, 11) is 0. The highest BCUT2D eigenvalue weighted by atomic mass is 35.5. The van der Waals surface area contributed by atoms with E-state index >= 15 is 0 Å². The van der Waals surface area contributed by atoms with Crippen LogP contribution < -0.4 is 5.32 Å². The van der Waals surface area contributed by atoms with Gasteiger partial charge in [-0.25, -0.2) is 9.97 Å². The molecule has 0 unspecified atom stereocenters. The zero-order valence-electron chi connectivity index (χ0n) is 9.46. The maximum Gasteiger partial charge on any atom is 0.137 e. The minimum atomic E-state index is 0.540. The molecular weight excluding hydrogens is 222 g/mol. The van der Waals surface area contributed by atoms with Crippen LogP contribution in [0, 0.1) is 6.92 Å². The molecule has 0 saturated heterocycles. The molecule has 1 heterocycles. The summed E-state index contributed by atoms with van der Waals surface area (Å²) in [4.78, 5) is 9.03. The first kappa shape index (κ1) is 10.3. The van der Waals surface area contributed by atoms with Gasteiger partial charge in [0, 0.05) is 17.5 Å². The number of hydrogen-bond acceptors (Lipinski definition) is 3. The Bertz CT molecular complexity index is 411. The van der Waals surface area contributed by atoms with Crippen LogP contribution >= 0.6 is 11.6 Å². The monoisotopic (exact) mass is 237 g/mol. The summed E-state index contributed by atoms with van der Waals surface area (Å²) in [6.07, 6.45) is 6.22. The first-order chi connectivity index (χ1) is 7.74. The van der Waals surface area contributed by atoms with E-state index in [9.17, 15) is 0 Å². The topological polar surface area (TPSA) is 37.8 Å².